The molecule has 0 saturated carbocycles. The summed E-state index contributed by atoms with van der Waals surface area (Å²) < 4.78 is 5.50. The molecule has 0 unspecified atom stereocenters. The number of nitrogens with zero attached hydrogens (tertiary/aromatic N) is 3. The molecule has 3 N–H and O–H groups in total. The second-order valence-corrected chi connectivity index (χ2v) is 7.63. The van der Waals surface area contributed by atoms with Gasteiger partial charge in [-0.15, -0.1) is 0 Å². The summed E-state index contributed by atoms with van der Waals surface area (Å²) in [7, 11) is 0. The van der Waals surface area contributed by atoms with E-state index in [1.807, 2.05) is 11.8 Å². The van der Waals surface area contributed by atoms with E-state index in [1.165, 1.54) is 44.1 Å². The highest BCUT2D eigenvalue weighted by molar-refractivity contribution is 5.75. The summed E-state index contributed by atoms with van der Waals surface area (Å²) in [6, 6.07) is 0.0655. The molecule has 6 nitrogen and oxygen atoms in total. The molecule has 0 spiro atoms. The quantitative estimate of drug-likeness (QED) is 0.162. The number of hydrogen-bond acceptors (Lipinski definition) is 4. The van der Waals surface area contributed by atoms with Gasteiger partial charge in [0.15, 0.2) is 5.96 Å². The van der Waals surface area contributed by atoms with Crippen LogP contribution in [0.4, 0.5) is 0 Å². The van der Waals surface area contributed by atoms with Gasteiger partial charge in [0, 0.05) is 24.6 Å². The number of aromatic nitrogens is 2. The molecule has 0 aliphatic rings. The number of likely N-dealkylation sites (N-methyl/N-ethyl adjacent to an activating group) is 1. The van der Waals surface area contributed by atoms with Gasteiger partial charge in [0.1, 0.15) is 0 Å². The maximum Gasteiger partial charge on any atom is 0.229 e. The zero-order valence-electron chi connectivity index (χ0n) is 19.4. The topological polar surface area (TPSA) is 92.0 Å². The van der Waals surface area contributed by atoms with Crippen molar-refractivity contribution in [3.05, 3.63) is 42.1 Å². The van der Waals surface area contributed by atoms with Crippen molar-refractivity contribution >= 4 is 11.5 Å². The molecule has 1 rings (SSSR count). The number of allylic oxidation sites excluding steroid dienone is 5. The first kappa shape index (κ1) is 25.7. The molecule has 0 radical (unpaired) electrons. The first-order valence-corrected chi connectivity index (χ1v) is 11.4. The van der Waals surface area contributed by atoms with E-state index in [9.17, 15) is 0 Å². The molecule has 0 aliphatic heterocycles. The third-order valence-corrected chi connectivity index (χ3v) is 5.45. The SMILES string of the molecule is C=C/C(=C\C(=C/C)CCCCCCCC)c1noc(C[C@H](CC)N(CC)C(=N)N)n1. The van der Waals surface area contributed by atoms with E-state index in [0.717, 1.165) is 18.4 Å². The first-order valence-electron chi connectivity index (χ1n) is 11.4. The molecular formula is C24H41N5O. The molecule has 168 valence electrons. The summed E-state index contributed by atoms with van der Waals surface area (Å²) in [6.07, 6.45) is 16.2. The third kappa shape index (κ3) is 8.56. The number of guanidine groups is 1. The van der Waals surface area contributed by atoms with Crippen molar-refractivity contribution in [2.75, 3.05) is 6.54 Å². The Morgan fingerprint density at radius 3 is 2.47 bits per heavy atom. The molecule has 1 aromatic heterocycles. The van der Waals surface area contributed by atoms with Gasteiger partial charge in [-0.3, -0.25) is 5.41 Å². The standard InChI is InChI=1S/C24H41N5O/c1-6-11-12-13-14-15-16-19(7-2)17-20(8-3)23-27-22(30-28-23)18-21(9-4)29(10-5)24(25)26/h7-8,17,21H,3,6,9-16,18H2,1-2,4-5H3,(H3,25,26)/b19-7-,20-17+/t21-/m0/s1. The predicted molar refractivity (Wildman–Crippen MR) is 126 cm³/mol. The van der Waals surface area contributed by atoms with Gasteiger partial charge in [-0.05, 0) is 39.2 Å². The normalized spacial score (nSPS) is 13.3. The van der Waals surface area contributed by atoms with Gasteiger partial charge in [-0.25, -0.2) is 0 Å². The molecule has 0 aliphatic carbocycles. The lowest BCUT2D eigenvalue weighted by molar-refractivity contribution is 0.276. The average Bonchev–Trinajstić information content (AvgIpc) is 3.20. The molecule has 30 heavy (non-hydrogen) atoms. The second kappa shape index (κ2) is 14.6. The number of rotatable bonds is 15. The van der Waals surface area contributed by atoms with Crippen molar-refractivity contribution in [1.82, 2.24) is 15.0 Å². The Morgan fingerprint density at radius 1 is 1.20 bits per heavy atom. The fourth-order valence-electron chi connectivity index (χ4n) is 3.58. The molecule has 0 amide bonds. The first-order chi connectivity index (χ1) is 14.5. The van der Waals surface area contributed by atoms with Crippen molar-refractivity contribution in [3.8, 4) is 0 Å². The van der Waals surface area contributed by atoms with Crippen LogP contribution in [-0.2, 0) is 6.42 Å². The van der Waals surface area contributed by atoms with Crippen LogP contribution in [0.3, 0.4) is 0 Å². The zero-order valence-corrected chi connectivity index (χ0v) is 19.4. The second-order valence-electron chi connectivity index (χ2n) is 7.63. The van der Waals surface area contributed by atoms with Crippen LogP contribution in [0.25, 0.3) is 5.57 Å². The van der Waals surface area contributed by atoms with Gasteiger partial charge >= 0.3 is 0 Å². The Labute approximate surface area is 182 Å². The minimum atomic E-state index is 0.0655. The van der Waals surface area contributed by atoms with Crippen molar-refractivity contribution < 1.29 is 4.52 Å². The molecule has 1 aromatic rings. The van der Waals surface area contributed by atoms with Gasteiger partial charge < -0.3 is 15.2 Å². The van der Waals surface area contributed by atoms with Gasteiger partial charge in [0.05, 0.1) is 0 Å². The summed E-state index contributed by atoms with van der Waals surface area (Å²) in [4.78, 5) is 6.43. The van der Waals surface area contributed by atoms with Crippen LogP contribution in [0, 0.1) is 5.41 Å². The van der Waals surface area contributed by atoms with Crippen LogP contribution in [0.5, 0.6) is 0 Å². The third-order valence-electron chi connectivity index (χ3n) is 5.45. The summed E-state index contributed by atoms with van der Waals surface area (Å²) in [5.74, 6) is 1.19. The number of nitrogens with one attached hydrogen (secondary N) is 1. The van der Waals surface area contributed by atoms with Gasteiger partial charge in [-0.1, -0.05) is 75.4 Å². The van der Waals surface area contributed by atoms with Crippen molar-refractivity contribution in [1.29, 1.82) is 5.41 Å². The lowest BCUT2D eigenvalue weighted by Crippen LogP contribution is -2.44. The Kier molecular flexibility index (Phi) is 12.5. The van der Waals surface area contributed by atoms with E-state index in [1.54, 1.807) is 6.08 Å². The fourth-order valence-corrected chi connectivity index (χ4v) is 3.58. The van der Waals surface area contributed by atoms with Gasteiger partial charge in [-0.2, -0.15) is 4.98 Å². The Hall–Kier alpha value is -2.37. The maximum atomic E-state index is 7.76. The monoisotopic (exact) mass is 415 g/mol. The highest BCUT2D eigenvalue weighted by Crippen LogP contribution is 2.20. The maximum absolute atomic E-state index is 7.76. The highest BCUT2D eigenvalue weighted by Gasteiger charge is 2.20. The van der Waals surface area contributed by atoms with Crippen molar-refractivity contribution in [2.24, 2.45) is 5.73 Å². The smallest absolute Gasteiger partial charge is 0.229 e. The van der Waals surface area contributed by atoms with Crippen LogP contribution in [0.15, 0.2) is 34.9 Å². The molecule has 0 bridgehead atoms. The minimum Gasteiger partial charge on any atom is -0.370 e. The molecule has 0 fully saturated rings. The lowest BCUT2D eigenvalue weighted by atomic mass is 10.0. The number of unbranched alkanes of at least 4 members (excludes halogenated alkanes) is 5. The van der Waals surface area contributed by atoms with Crippen LogP contribution in [0.1, 0.15) is 90.8 Å². The van der Waals surface area contributed by atoms with Crippen LogP contribution >= 0.6 is 0 Å². The molecule has 0 saturated heterocycles. The van der Waals surface area contributed by atoms with E-state index >= 15 is 0 Å². The summed E-state index contributed by atoms with van der Waals surface area (Å²) in [5.41, 5.74) is 7.85. The van der Waals surface area contributed by atoms with E-state index in [2.05, 4.69) is 49.6 Å². The van der Waals surface area contributed by atoms with Gasteiger partial charge in [0.2, 0.25) is 11.7 Å². The molecule has 6 heteroatoms. The van der Waals surface area contributed by atoms with E-state index < -0.39 is 0 Å². The molecule has 0 aromatic carbocycles. The van der Waals surface area contributed by atoms with Crippen molar-refractivity contribution in [3.63, 3.8) is 0 Å². The average molecular weight is 416 g/mol. The van der Waals surface area contributed by atoms with Crippen LogP contribution in [-0.4, -0.2) is 33.6 Å². The Morgan fingerprint density at radius 2 is 1.90 bits per heavy atom. The Balaban J connectivity index is 2.78. The van der Waals surface area contributed by atoms with E-state index in [4.69, 9.17) is 15.7 Å². The van der Waals surface area contributed by atoms with Gasteiger partial charge in [0.25, 0.3) is 0 Å². The minimum absolute atomic E-state index is 0.0655. The predicted octanol–water partition coefficient (Wildman–Crippen LogP) is 5.87. The lowest BCUT2D eigenvalue weighted by Gasteiger charge is -2.29. The van der Waals surface area contributed by atoms with E-state index in [-0.39, 0.29) is 12.0 Å². The van der Waals surface area contributed by atoms with Crippen LogP contribution < -0.4 is 5.73 Å². The largest absolute Gasteiger partial charge is 0.370 e. The number of nitrogens with two attached hydrogens (primary N) is 1. The summed E-state index contributed by atoms with van der Waals surface area (Å²) in [5, 5.41) is 11.9. The molecule has 1 atom stereocenters. The molecular weight excluding hydrogens is 374 g/mol. The highest BCUT2D eigenvalue weighted by atomic mass is 16.5. The fraction of sp³-hybridized carbons (Fsp3) is 0.625. The molecule has 1 heterocycles. The van der Waals surface area contributed by atoms with Crippen molar-refractivity contribution in [2.45, 2.75) is 91.5 Å². The summed E-state index contributed by atoms with van der Waals surface area (Å²) >= 11 is 0. The Bertz CT molecular complexity index is 704. The summed E-state index contributed by atoms with van der Waals surface area (Å²) in [6.45, 7) is 13.0. The van der Waals surface area contributed by atoms with E-state index in [0.29, 0.717) is 24.7 Å². The zero-order chi connectivity index (χ0) is 22.4. The van der Waals surface area contributed by atoms with Crippen LogP contribution in [0.2, 0.25) is 0 Å². The number of hydrogen-bond donors (Lipinski definition) is 2.